The van der Waals surface area contributed by atoms with Gasteiger partial charge < -0.3 is 10.1 Å². The Bertz CT molecular complexity index is 582. The normalized spacial score (nSPS) is 11.9. The molecular formula is C14H14FNO2S. The van der Waals surface area contributed by atoms with Crippen LogP contribution in [0.2, 0.25) is 0 Å². The Morgan fingerprint density at radius 3 is 2.79 bits per heavy atom. The van der Waals surface area contributed by atoms with Gasteiger partial charge in [-0.25, -0.2) is 9.18 Å². The van der Waals surface area contributed by atoms with Gasteiger partial charge in [-0.3, -0.25) is 0 Å². The molecule has 100 valence electrons. The van der Waals surface area contributed by atoms with Crippen LogP contribution in [0.4, 0.5) is 10.1 Å². The molecule has 0 amide bonds. The Kier molecular flexibility index (Phi) is 4.16. The minimum Gasteiger partial charge on any atom is -0.467 e. The third-order valence-corrected chi connectivity index (χ3v) is 3.82. The lowest BCUT2D eigenvalue weighted by Crippen LogP contribution is -2.22. The Morgan fingerprint density at radius 1 is 1.42 bits per heavy atom. The number of nitrogens with one attached hydrogen (secondary N) is 1. The minimum absolute atomic E-state index is 0.350. The third kappa shape index (κ3) is 3.12. The summed E-state index contributed by atoms with van der Waals surface area (Å²) in [7, 11) is 1.34. The van der Waals surface area contributed by atoms with E-state index < -0.39 is 12.0 Å². The van der Waals surface area contributed by atoms with E-state index in [9.17, 15) is 9.18 Å². The van der Waals surface area contributed by atoms with Crippen LogP contribution in [-0.2, 0) is 9.53 Å². The first-order valence-electron chi connectivity index (χ1n) is 5.75. The number of halogens is 1. The molecule has 5 heteroatoms. The van der Waals surface area contributed by atoms with Crippen molar-refractivity contribution in [3.63, 3.8) is 0 Å². The second-order valence-electron chi connectivity index (χ2n) is 4.08. The topological polar surface area (TPSA) is 38.3 Å². The Morgan fingerprint density at radius 2 is 2.21 bits per heavy atom. The molecule has 0 fully saturated rings. The van der Waals surface area contributed by atoms with Crippen molar-refractivity contribution in [1.82, 2.24) is 0 Å². The van der Waals surface area contributed by atoms with Crippen LogP contribution in [0.3, 0.4) is 0 Å². The van der Waals surface area contributed by atoms with Crippen LogP contribution in [0.15, 0.2) is 35.7 Å². The zero-order valence-electron chi connectivity index (χ0n) is 10.6. The fourth-order valence-electron chi connectivity index (χ4n) is 1.77. The van der Waals surface area contributed by atoms with Gasteiger partial charge in [0, 0.05) is 10.6 Å². The van der Waals surface area contributed by atoms with Crippen molar-refractivity contribution < 1.29 is 13.9 Å². The summed E-state index contributed by atoms with van der Waals surface area (Å²) in [5.41, 5.74) is 1.55. The van der Waals surface area contributed by atoms with Crippen molar-refractivity contribution in [2.75, 3.05) is 12.4 Å². The van der Waals surface area contributed by atoms with Crippen molar-refractivity contribution in [1.29, 1.82) is 0 Å². The SMILES string of the molecule is COC(=O)C(Nc1cccc(F)c1)c1sccc1C. The first kappa shape index (κ1) is 13.5. The van der Waals surface area contributed by atoms with E-state index in [1.807, 2.05) is 18.4 Å². The maximum atomic E-state index is 13.2. The average Bonchev–Trinajstić information content (AvgIpc) is 2.81. The van der Waals surface area contributed by atoms with Gasteiger partial charge in [-0.2, -0.15) is 0 Å². The van der Waals surface area contributed by atoms with Crippen molar-refractivity contribution in [3.05, 3.63) is 52.0 Å². The highest BCUT2D eigenvalue weighted by Crippen LogP contribution is 2.28. The van der Waals surface area contributed by atoms with E-state index in [0.717, 1.165) is 10.4 Å². The molecule has 1 heterocycles. The summed E-state index contributed by atoms with van der Waals surface area (Å²) < 4.78 is 18.0. The third-order valence-electron chi connectivity index (χ3n) is 2.74. The number of esters is 1. The fourth-order valence-corrected chi connectivity index (χ4v) is 2.74. The molecule has 2 aromatic rings. The molecular weight excluding hydrogens is 265 g/mol. The zero-order valence-corrected chi connectivity index (χ0v) is 11.5. The number of methoxy groups -OCH3 is 1. The molecule has 0 spiro atoms. The predicted molar refractivity (Wildman–Crippen MR) is 73.8 cm³/mol. The highest BCUT2D eigenvalue weighted by atomic mass is 32.1. The number of carbonyl (C=O) groups excluding carboxylic acids is 1. The average molecular weight is 279 g/mol. The number of hydrogen-bond acceptors (Lipinski definition) is 4. The van der Waals surface area contributed by atoms with Gasteiger partial charge in [-0.15, -0.1) is 11.3 Å². The molecule has 0 saturated heterocycles. The van der Waals surface area contributed by atoms with Gasteiger partial charge in [-0.05, 0) is 42.1 Å². The van der Waals surface area contributed by atoms with Gasteiger partial charge in [0.2, 0.25) is 0 Å². The van der Waals surface area contributed by atoms with Crippen LogP contribution in [0, 0.1) is 12.7 Å². The molecule has 1 atom stereocenters. The summed E-state index contributed by atoms with van der Waals surface area (Å²) in [5.74, 6) is -0.744. The molecule has 0 radical (unpaired) electrons. The van der Waals surface area contributed by atoms with Gasteiger partial charge in [0.1, 0.15) is 5.82 Å². The van der Waals surface area contributed by atoms with Crippen LogP contribution < -0.4 is 5.32 Å². The molecule has 3 nitrogen and oxygen atoms in total. The van der Waals surface area contributed by atoms with E-state index in [4.69, 9.17) is 4.74 Å². The largest absolute Gasteiger partial charge is 0.467 e. The number of benzene rings is 1. The number of carbonyl (C=O) groups is 1. The molecule has 1 N–H and O–H groups in total. The summed E-state index contributed by atoms with van der Waals surface area (Å²) in [6.45, 7) is 1.93. The number of aryl methyl sites for hydroxylation is 1. The molecule has 1 aromatic heterocycles. The number of hydrogen-bond donors (Lipinski definition) is 1. The van der Waals surface area contributed by atoms with E-state index in [-0.39, 0.29) is 5.82 Å². The molecule has 0 saturated carbocycles. The summed E-state index contributed by atoms with van der Waals surface area (Å²) in [5, 5.41) is 4.92. The van der Waals surface area contributed by atoms with E-state index in [2.05, 4.69) is 5.32 Å². The fraction of sp³-hybridized carbons (Fsp3) is 0.214. The molecule has 0 aliphatic rings. The summed E-state index contributed by atoms with van der Waals surface area (Å²) in [6, 6.07) is 7.32. The smallest absolute Gasteiger partial charge is 0.333 e. The van der Waals surface area contributed by atoms with Gasteiger partial charge in [-0.1, -0.05) is 6.07 Å². The lowest BCUT2D eigenvalue weighted by Gasteiger charge is -2.17. The molecule has 0 aliphatic heterocycles. The van der Waals surface area contributed by atoms with E-state index in [1.54, 1.807) is 12.1 Å². The maximum Gasteiger partial charge on any atom is 0.333 e. The lowest BCUT2D eigenvalue weighted by molar-refractivity contribution is -0.141. The second-order valence-corrected chi connectivity index (χ2v) is 5.03. The van der Waals surface area contributed by atoms with Gasteiger partial charge in [0.25, 0.3) is 0 Å². The van der Waals surface area contributed by atoms with Crippen molar-refractivity contribution in [2.45, 2.75) is 13.0 Å². The van der Waals surface area contributed by atoms with E-state index >= 15 is 0 Å². The molecule has 0 bridgehead atoms. The van der Waals surface area contributed by atoms with Gasteiger partial charge in [0.15, 0.2) is 6.04 Å². The molecule has 2 rings (SSSR count). The Balaban J connectivity index is 2.29. The standard InChI is InChI=1S/C14H14FNO2S/c1-9-6-7-19-13(9)12(14(17)18-2)16-11-5-3-4-10(15)8-11/h3-8,12,16H,1-2H3. The molecule has 1 unspecified atom stereocenters. The Hall–Kier alpha value is -1.88. The van der Waals surface area contributed by atoms with Crippen LogP contribution >= 0.6 is 11.3 Å². The highest BCUT2D eigenvalue weighted by Gasteiger charge is 2.24. The zero-order chi connectivity index (χ0) is 13.8. The van der Waals surface area contributed by atoms with Crippen LogP contribution in [-0.4, -0.2) is 13.1 Å². The molecule has 0 aliphatic carbocycles. The monoisotopic (exact) mass is 279 g/mol. The van der Waals surface area contributed by atoms with Gasteiger partial charge >= 0.3 is 5.97 Å². The first-order chi connectivity index (χ1) is 9.11. The van der Waals surface area contributed by atoms with Crippen LogP contribution in [0.1, 0.15) is 16.5 Å². The predicted octanol–water partition coefficient (Wildman–Crippen LogP) is 3.52. The minimum atomic E-state index is -0.619. The molecule has 19 heavy (non-hydrogen) atoms. The molecule has 1 aromatic carbocycles. The number of rotatable bonds is 4. The number of anilines is 1. The summed E-state index contributed by atoms with van der Waals surface area (Å²) >= 11 is 1.47. The number of thiophene rings is 1. The lowest BCUT2D eigenvalue weighted by atomic mass is 10.1. The first-order valence-corrected chi connectivity index (χ1v) is 6.63. The summed E-state index contributed by atoms with van der Waals surface area (Å²) in [4.78, 5) is 12.8. The van der Waals surface area contributed by atoms with Crippen molar-refractivity contribution in [3.8, 4) is 0 Å². The van der Waals surface area contributed by atoms with Crippen LogP contribution in [0.25, 0.3) is 0 Å². The Labute approximate surface area is 115 Å². The van der Waals surface area contributed by atoms with Crippen molar-refractivity contribution in [2.24, 2.45) is 0 Å². The van der Waals surface area contributed by atoms with E-state index in [0.29, 0.717) is 5.69 Å². The van der Waals surface area contributed by atoms with E-state index in [1.165, 1.54) is 30.6 Å². The maximum absolute atomic E-state index is 13.2. The number of ether oxygens (including phenoxy) is 1. The van der Waals surface area contributed by atoms with Gasteiger partial charge in [0.05, 0.1) is 7.11 Å². The van der Waals surface area contributed by atoms with Crippen molar-refractivity contribution >= 4 is 23.0 Å². The summed E-state index contributed by atoms with van der Waals surface area (Å²) in [6.07, 6.45) is 0. The quantitative estimate of drug-likeness (QED) is 0.870. The van der Waals surface area contributed by atoms with Crippen LogP contribution in [0.5, 0.6) is 0 Å². The second kappa shape index (κ2) is 5.84. The highest BCUT2D eigenvalue weighted by molar-refractivity contribution is 7.10.